The summed E-state index contributed by atoms with van der Waals surface area (Å²) in [6.07, 6.45) is 0.867. The molecule has 1 amide bonds. The summed E-state index contributed by atoms with van der Waals surface area (Å²) in [5, 5.41) is 11.8. The van der Waals surface area contributed by atoms with Crippen molar-refractivity contribution in [3.05, 3.63) is 35.4 Å². The van der Waals surface area contributed by atoms with Crippen LogP contribution < -0.4 is 5.32 Å². The van der Waals surface area contributed by atoms with E-state index < -0.39 is 0 Å². The summed E-state index contributed by atoms with van der Waals surface area (Å²) in [6, 6.07) is 7.69. The van der Waals surface area contributed by atoms with E-state index >= 15 is 0 Å². The fourth-order valence-electron chi connectivity index (χ4n) is 1.81. The second-order valence-corrected chi connectivity index (χ2v) is 4.34. The molecule has 0 aliphatic heterocycles. The molecule has 0 bridgehead atoms. The Morgan fingerprint density at radius 3 is 2.78 bits per heavy atom. The molecule has 0 aromatic heterocycles. The van der Waals surface area contributed by atoms with Crippen molar-refractivity contribution in [2.24, 2.45) is 0 Å². The largest absolute Gasteiger partial charge is 0.396 e. The number of amides is 1. The number of benzene rings is 1. The van der Waals surface area contributed by atoms with Crippen LogP contribution in [0.1, 0.15) is 17.5 Å². The van der Waals surface area contributed by atoms with Crippen LogP contribution in [0.3, 0.4) is 0 Å². The lowest BCUT2D eigenvalue weighted by Crippen LogP contribution is -2.39. The van der Waals surface area contributed by atoms with Crippen LogP contribution in [0.25, 0.3) is 0 Å². The fourth-order valence-corrected chi connectivity index (χ4v) is 1.81. The lowest BCUT2D eigenvalue weighted by molar-refractivity contribution is -0.121. The second kappa shape index (κ2) is 7.84. The third-order valence-electron chi connectivity index (χ3n) is 2.82. The molecule has 2 N–H and O–H groups in total. The first-order chi connectivity index (χ1) is 8.67. The summed E-state index contributed by atoms with van der Waals surface area (Å²) in [5.74, 6) is -0.0419. The van der Waals surface area contributed by atoms with Gasteiger partial charge in [0.1, 0.15) is 0 Å². The average Bonchev–Trinajstić information content (AvgIpc) is 2.33. The quantitative estimate of drug-likeness (QED) is 0.761. The van der Waals surface area contributed by atoms with Crippen molar-refractivity contribution >= 4 is 5.91 Å². The maximum Gasteiger partial charge on any atom is 0.224 e. The van der Waals surface area contributed by atoms with E-state index in [1.54, 1.807) is 7.11 Å². The zero-order valence-corrected chi connectivity index (χ0v) is 11.0. The highest BCUT2D eigenvalue weighted by Crippen LogP contribution is 2.07. The van der Waals surface area contributed by atoms with Gasteiger partial charge in [-0.2, -0.15) is 0 Å². The molecule has 4 nitrogen and oxygen atoms in total. The van der Waals surface area contributed by atoms with E-state index in [-0.39, 0.29) is 18.6 Å². The van der Waals surface area contributed by atoms with Crippen LogP contribution >= 0.6 is 0 Å². The number of aliphatic hydroxyl groups excluding tert-OH is 1. The summed E-state index contributed by atoms with van der Waals surface area (Å²) < 4.78 is 5.01. The third-order valence-corrected chi connectivity index (χ3v) is 2.82. The van der Waals surface area contributed by atoms with Gasteiger partial charge in [-0.3, -0.25) is 4.79 Å². The number of ether oxygens (including phenoxy) is 1. The van der Waals surface area contributed by atoms with Gasteiger partial charge in [-0.05, 0) is 24.5 Å². The summed E-state index contributed by atoms with van der Waals surface area (Å²) in [7, 11) is 1.58. The van der Waals surface area contributed by atoms with Gasteiger partial charge in [-0.25, -0.2) is 0 Å². The van der Waals surface area contributed by atoms with Crippen LogP contribution in [-0.2, 0) is 16.0 Å². The minimum absolute atomic E-state index is 0.0403. The Hall–Kier alpha value is -1.39. The van der Waals surface area contributed by atoms with E-state index in [2.05, 4.69) is 5.32 Å². The highest BCUT2D eigenvalue weighted by atomic mass is 16.5. The third kappa shape index (κ3) is 4.85. The van der Waals surface area contributed by atoms with Crippen molar-refractivity contribution < 1.29 is 14.6 Å². The van der Waals surface area contributed by atoms with Crippen LogP contribution in [-0.4, -0.2) is 37.4 Å². The van der Waals surface area contributed by atoms with Crippen molar-refractivity contribution in [2.45, 2.75) is 25.8 Å². The first-order valence-corrected chi connectivity index (χ1v) is 6.11. The molecule has 1 rings (SSSR count). The molecule has 1 aromatic rings. The molecule has 0 aliphatic carbocycles. The predicted octanol–water partition coefficient (Wildman–Crippen LogP) is 1.05. The number of hydrogen-bond donors (Lipinski definition) is 2. The Balaban J connectivity index is 2.52. The van der Waals surface area contributed by atoms with Gasteiger partial charge in [0.15, 0.2) is 0 Å². The predicted molar refractivity (Wildman–Crippen MR) is 70.4 cm³/mol. The SMILES string of the molecule is COCC(CCO)NC(=O)Cc1ccccc1C. The van der Waals surface area contributed by atoms with Crippen LogP contribution in [0, 0.1) is 6.92 Å². The van der Waals surface area contributed by atoms with Crippen LogP contribution in [0.2, 0.25) is 0 Å². The number of methoxy groups -OCH3 is 1. The molecule has 0 radical (unpaired) electrons. The Bertz CT molecular complexity index is 373. The number of carbonyl (C=O) groups is 1. The number of carbonyl (C=O) groups excluding carboxylic acids is 1. The lowest BCUT2D eigenvalue weighted by atomic mass is 10.1. The van der Waals surface area contributed by atoms with Crippen molar-refractivity contribution in [1.82, 2.24) is 5.32 Å². The maximum atomic E-state index is 11.9. The lowest BCUT2D eigenvalue weighted by Gasteiger charge is -2.17. The zero-order valence-electron chi connectivity index (χ0n) is 11.0. The van der Waals surface area contributed by atoms with Crippen molar-refractivity contribution in [3.8, 4) is 0 Å². The maximum absolute atomic E-state index is 11.9. The van der Waals surface area contributed by atoms with Gasteiger partial charge < -0.3 is 15.2 Å². The van der Waals surface area contributed by atoms with Crippen molar-refractivity contribution in [1.29, 1.82) is 0 Å². The van der Waals surface area contributed by atoms with Gasteiger partial charge in [0.25, 0.3) is 0 Å². The van der Waals surface area contributed by atoms with Crippen LogP contribution in [0.4, 0.5) is 0 Å². The highest BCUT2D eigenvalue weighted by molar-refractivity contribution is 5.79. The number of rotatable bonds is 7. The standard InChI is InChI=1S/C14H21NO3/c1-11-5-3-4-6-12(11)9-14(17)15-13(7-8-16)10-18-2/h3-6,13,16H,7-10H2,1-2H3,(H,15,17). The molecule has 0 fully saturated rings. The first-order valence-electron chi connectivity index (χ1n) is 6.11. The smallest absolute Gasteiger partial charge is 0.224 e. The fraction of sp³-hybridized carbons (Fsp3) is 0.500. The Morgan fingerprint density at radius 2 is 2.17 bits per heavy atom. The van der Waals surface area contributed by atoms with Gasteiger partial charge >= 0.3 is 0 Å². The first kappa shape index (κ1) is 14.7. The van der Waals surface area contributed by atoms with E-state index in [1.807, 2.05) is 31.2 Å². The van der Waals surface area contributed by atoms with Crippen LogP contribution in [0.15, 0.2) is 24.3 Å². The summed E-state index contributed by atoms with van der Waals surface area (Å²) in [6.45, 7) is 2.45. The number of aliphatic hydroxyl groups is 1. The van der Waals surface area contributed by atoms with Gasteiger partial charge in [0.05, 0.1) is 19.1 Å². The molecule has 0 saturated carbocycles. The van der Waals surface area contributed by atoms with Gasteiger partial charge in [-0.15, -0.1) is 0 Å². The monoisotopic (exact) mass is 251 g/mol. The van der Waals surface area contributed by atoms with Crippen LogP contribution in [0.5, 0.6) is 0 Å². The number of hydrogen-bond acceptors (Lipinski definition) is 3. The Morgan fingerprint density at radius 1 is 1.44 bits per heavy atom. The van der Waals surface area contributed by atoms with E-state index in [9.17, 15) is 4.79 Å². The highest BCUT2D eigenvalue weighted by Gasteiger charge is 2.12. The molecule has 18 heavy (non-hydrogen) atoms. The average molecular weight is 251 g/mol. The molecule has 4 heteroatoms. The van der Waals surface area contributed by atoms with E-state index in [4.69, 9.17) is 9.84 Å². The number of nitrogens with one attached hydrogen (secondary N) is 1. The molecule has 1 unspecified atom stereocenters. The Kier molecular flexibility index (Phi) is 6.39. The minimum Gasteiger partial charge on any atom is -0.396 e. The zero-order chi connectivity index (χ0) is 13.4. The molecule has 1 atom stereocenters. The molecule has 0 spiro atoms. The minimum atomic E-state index is -0.128. The molecule has 0 saturated heterocycles. The number of aryl methyl sites for hydroxylation is 1. The molecular weight excluding hydrogens is 230 g/mol. The van der Waals surface area contributed by atoms with E-state index in [1.165, 1.54) is 0 Å². The van der Waals surface area contributed by atoms with Gasteiger partial charge in [-0.1, -0.05) is 24.3 Å². The van der Waals surface area contributed by atoms with Gasteiger partial charge in [0.2, 0.25) is 5.91 Å². The van der Waals surface area contributed by atoms with E-state index in [0.717, 1.165) is 11.1 Å². The van der Waals surface area contributed by atoms with Gasteiger partial charge in [0, 0.05) is 13.7 Å². The molecule has 0 aliphatic rings. The van der Waals surface area contributed by atoms with Crippen molar-refractivity contribution in [3.63, 3.8) is 0 Å². The normalized spacial score (nSPS) is 12.2. The van der Waals surface area contributed by atoms with Crippen molar-refractivity contribution in [2.75, 3.05) is 20.3 Å². The molecular formula is C14H21NO3. The second-order valence-electron chi connectivity index (χ2n) is 4.34. The summed E-state index contributed by atoms with van der Waals surface area (Å²) in [5.41, 5.74) is 2.13. The molecule has 100 valence electrons. The summed E-state index contributed by atoms with van der Waals surface area (Å²) >= 11 is 0. The van der Waals surface area contributed by atoms with E-state index in [0.29, 0.717) is 19.4 Å². The molecule has 0 heterocycles. The topological polar surface area (TPSA) is 58.6 Å². The summed E-state index contributed by atoms with van der Waals surface area (Å²) in [4.78, 5) is 11.9. The Labute approximate surface area is 108 Å². The molecule has 1 aromatic carbocycles.